The summed E-state index contributed by atoms with van der Waals surface area (Å²) in [6, 6.07) is 2.47. The molecule has 1 fully saturated rings. The number of piperidine rings is 1. The van der Waals surface area contributed by atoms with E-state index in [0.29, 0.717) is 28.0 Å². The zero-order chi connectivity index (χ0) is 20.6. The molecule has 0 bridgehead atoms. The summed E-state index contributed by atoms with van der Waals surface area (Å²) in [5.41, 5.74) is 1.96. The van der Waals surface area contributed by atoms with E-state index in [1.165, 1.54) is 0 Å². The van der Waals surface area contributed by atoms with Gasteiger partial charge in [-0.3, -0.25) is 4.67 Å². The van der Waals surface area contributed by atoms with Crippen molar-refractivity contribution in [3.63, 3.8) is 0 Å². The van der Waals surface area contributed by atoms with E-state index in [2.05, 4.69) is 46.9 Å². The number of nitrogens with one attached hydrogen (secondary N) is 1. The minimum absolute atomic E-state index is 0.129. The largest absolute Gasteiger partial charge is 0.350 e. The normalized spacial score (nSPS) is 17.8. The monoisotopic (exact) mass is 422 g/mol. The summed E-state index contributed by atoms with van der Waals surface area (Å²) in [5.74, 6) is 0.995. The van der Waals surface area contributed by atoms with E-state index in [1.54, 1.807) is 10.7 Å². The van der Waals surface area contributed by atoms with E-state index >= 15 is 0 Å². The number of nitriles is 1. The maximum absolute atomic E-state index is 12.2. The standard InChI is InChI=1S/C19H28ClN6OP/c1-12(2)13(3)18-15(10-21)17(20)16-11-22-19(24-26(16)18)23-14-6-8-25(9-7-14)28(4,5)27/h11-14H,6-9H2,1-5H3,(H,23,24). The molecule has 1 N–H and O–H groups in total. The predicted octanol–water partition coefficient (Wildman–Crippen LogP) is 4.43. The van der Waals surface area contributed by atoms with E-state index in [4.69, 9.17) is 11.6 Å². The molecule has 3 heterocycles. The van der Waals surface area contributed by atoms with Crippen LogP contribution in [0.15, 0.2) is 6.20 Å². The summed E-state index contributed by atoms with van der Waals surface area (Å²) >= 11 is 6.44. The zero-order valence-electron chi connectivity index (χ0n) is 17.1. The Morgan fingerprint density at radius 3 is 2.50 bits per heavy atom. The van der Waals surface area contributed by atoms with Crippen LogP contribution in [-0.4, -0.2) is 51.7 Å². The SMILES string of the molecule is CC(C)C(C)c1c(C#N)c(Cl)c2cnc(NC3CCN(P(C)(C)=O)CC3)nn12. The number of fused-ring (bicyclic) bond motifs is 1. The molecule has 1 saturated heterocycles. The average Bonchev–Trinajstić information content (AvgIpc) is 2.92. The second kappa shape index (κ2) is 8.02. The molecule has 1 aliphatic heterocycles. The Kier molecular flexibility index (Phi) is 6.05. The van der Waals surface area contributed by atoms with E-state index in [9.17, 15) is 9.83 Å². The Morgan fingerprint density at radius 1 is 1.32 bits per heavy atom. The van der Waals surface area contributed by atoms with Crippen LogP contribution in [0.4, 0.5) is 5.95 Å². The first-order chi connectivity index (χ1) is 13.1. The number of hydrogen-bond donors (Lipinski definition) is 1. The average molecular weight is 423 g/mol. The van der Waals surface area contributed by atoms with Gasteiger partial charge in [-0.25, -0.2) is 9.50 Å². The fourth-order valence-electron chi connectivity index (χ4n) is 3.61. The molecule has 152 valence electrons. The molecule has 2 aromatic heterocycles. The number of aromatic nitrogens is 3. The van der Waals surface area contributed by atoms with Gasteiger partial charge in [0.1, 0.15) is 18.9 Å². The van der Waals surface area contributed by atoms with E-state index in [0.717, 1.165) is 31.6 Å². The molecule has 1 atom stereocenters. The van der Waals surface area contributed by atoms with Gasteiger partial charge in [-0.1, -0.05) is 32.4 Å². The Bertz CT molecular complexity index is 951. The third-order valence-corrected chi connectivity index (χ3v) is 7.83. The molecular weight excluding hydrogens is 395 g/mol. The highest BCUT2D eigenvalue weighted by Gasteiger charge is 2.28. The molecule has 0 aromatic carbocycles. The lowest BCUT2D eigenvalue weighted by Crippen LogP contribution is -2.37. The van der Waals surface area contributed by atoms with Crippen LogP contribution in [0, 0.1) is 17.2 Å². The summed E-state index contributed by atoms with van der Waals surface area (Å²) in [6.45, 7) is 11.6. The third kappa shape index (κ3) is 4.05. The van der Waals surface area contributed by atoms with Crippen LogP contribution in [0.1, 0.15) is 50.8 Å². The number of hydrogen-bond acceptors (Lipinski definition) is 5. The Hall–Kier alpha value is -1.61. The lowest BCUT2D eigenvalue weighted by Gasteiger charge is -2.34. The summed E-state index contributed by atoms with van der Waals surface area (Å²) < 4.78 is 16.1. The van der Waals surface area contributed by atoms with Crippen molar-refractivity contribution < 1.29 is 4.57 Å². The highest BCUT2D eigenvalue weighted by atomic mass is 35.5. The van der Waals surface area contributed by atoms with Crippen molar-refractivity contribution >= 4 is 30.4 Å². The first kappa shape index (κ1) is 21.1. The van der Waals surface area contributed by atoms with Crippen molar-refractivity contribution in [1.82, 2.24) is 19.3 Å². The van der Waals surface area contributed by atoms with Gasteiger partial charge in [-0.2, -0.15) is 5.26 Å². The maximum Gasteiger partial charge on any atom is 0.241 e. The molecule has 0 aliphatic carbocycles. The van der Waals surface area contributed by atoms with Crippen molar-refractivity contribution in [3.05, 3.63) is 22.5 Å². The molecule has 28 heavy (non-hydrogen) atoms. The van der Waals surface area contributed by atoms with Crippen molar-refractivity contribution in [1.29, 1.82) is 5.26 Å². The summed E-state index contributed by atoms with van der Waals surface area (Å²) in [7, 11) is -2.19. The van der Waals surface area contributed by atoms with Gasteiger partial charge in [-0.15, -0.1) is 5.10 Å². The topological polar surface area (TPSA) is 86.3 Å². The van der Waals surface area contributed by atoms with Gasteiger partial charge in [0.15, 0.2) is 0 Å². The van der Waals surface area contributed by atoms with Crippen LogP contribution >= 0.6 is 18.9 Å². The lowest BCUT2D eigenvalue weighted by molar-refractivity contribution is 0.330. The van der Waals surface area contributed by atoms with E-state index in [-0.39, 0.29) is 12.0 Å². The molecular formula is C19H28ClN6OP. The van der Waals surface area contributed by atoms with Crippen molar-refractivity contribution in [3.8, 4) is 6.07 Å². The van der Waals surface area contributed by atoms with Crippen LogP contribution in [0.3, 0.4) is 0 Å². The third-order valence-electron chi connectivity index (χ3n) is 5.69. The molecule has 0 spiro atoms. The summed E-state index contributed by atoms with van der Waals surface area (Å²) in [5, 5.41) is 18.1. The molecule has 0 radical (unpaired) electrons. The highest BCUT2D eigenvalue weighted by molar-refractivity contribution is 7.59. The lowest BCUT2D eigenvalue weighted by atomic mass is 9.93. The molecule has 0 amide bonds. The minimum atomic E-state index is -2.19. The Balaban J connectivity index is 1.87. The van der Waals surface area contributed by atoms with E-state index < -0.39 is 7.29 Å². The summed E-state index contributed by atoms with van der Waals surface area (Å²) in [6.07, 6.45) is 3.45. The molecule has 2 aromatic rings. The van der Waals surface area contributed by atoms with Gasteiger partial charge < -0.3 is 9.88 Å². The van der Waals surface area contributed by atoms with Gasteiger partial charge in [-0.05, 0) is 18.8 Å². The van der Waals surface area contributed by atoms with Gasteiger partial charge in [0.25, 0.3) is 0 Å². The zero-order valence-corrected chi connectivity index (χ0v) is 18.8. The van der Waals surface area contributed by atoms with Gasteiger partial charge in [0, 0.05) is 38.4 Å². The molecule has 0 saturated carbocycles. The Morgan fingerprint density at radius 2 is 1.96 bits per heavy atom. The van der Waals surface area contributed by atoms with E-state index in [1.807, 2.05) is 13.3 Å². The predicted molar refractivity (Wildman–Crippen MR) is 114 cm³/mol. The number of nitrogens with zero attached hydrogens (tertiary/aromatic N) is 5. The highest BCUT2D eigenvalue weighted by Crippen LogP contribution is 2.43. The molecule has 3 rings (SSSR count). The van der Waals surface area contributed by atoms with Gasteiger partial charge in [0.05, 0.1) is 22.5 Å². The van der Waals surface area contributed by atoms with Crippen molar-refractivity contribution in [2.45, 2.75) is 45.6 Å². The van der Waals surface area contributed by atoms with Crippen molar-refractivity contribution in [2.24, 2.45) is 5.92 Å². The maximum atomic E-state index is 12.2. The van der Waals surface area contributed by atoms with Crippen LogP contribution in [0.25, 0.3) is 5.52 Å². The van der Waals surface area contributed by atoms with Gasteiger partial charge in [0.2, 0.25) is 5.95 Å². The fraction of sp³-hybridized carbons (Fsp3) is 0.632. The second-order valence-corrected chi connectivity index (χ2v) is 11.8. The molecule has 1 unspecified atom stereocenters. The second-order valence-electron chi connectivity index (χ2n) is 8.26. The van der Waals surface area contributed by atoms with Crippen LogP contribution in [0.2, 0.25) is 5.02 Å². The summed E-state index contributed by atoms with van der Waals surface area (Å²) in [4.78, 5) is 4.42. The first-order valence-corrected chi connectivity index (χ1v) is 12.6. The first-order valence-electron chi connectivity index (χ1n) is 9.67. The molecule has 7 nitrogen and oxygen atoms in total. The fourth-order valence-corrected chi connectivity index (χ4v) is 5.08. The van der Waals surface area contributed by atoms with Crippen LogP contribution < -0.4 is 5.32 Å². The minimum Gasteiger partial charge on any atom is -0.350 e. The van der Waals surface area contributed by atoms with Crippen molar-refractivity contribution in [2.75, 3.05) is 31.7 Å². The van der Waals surface area contributed by atoms with Crippen LogP contribution in [0.5, 0.6) is 0 Å². The number of halogens is 1. The molecule has 1 aliphatic rings. The van der Waals surface area contributed by atoms with Gasteiger partial charge >= 0.3 is 0 Å². The quantitative estimate of drug-likeness (QED) is 0.717. The smallest absolute Gasteiger partial charge is 0.241 e. The molecule has 9 heteroatoms. The number of anilines is 1. The number of rotatable bonds is 5. The Labute approximate surface area is 171 Å². The van der Waals surface area contributed by atoms with Crippen LogP contribution in [-0.2, 0) is 4.57 Å².